The third-order valence-corrected chi connectivity index (χ3v) is 2.02. The molecule has 5 heteroatoms. The van der Waals surface area contributed by atoms with E-state index >= 15 is 0 Å². The van der Waals surface area contributed by atoms with E-state index in [0.29, 0.717) is 6.67 Å². The highest BCUT2D eigenvalue weighted by Gasteiger charge is 2.22. The fourth-order valence-corrected chi connectivity index (χ4v) is 1.50. The van der Waals surface area contributed by atoms with E-state index < -0.39 is 0 Å². The summed E-state index contributed by atoms with van der Waals surface area (Å²) in [6.07, 6.45) is 2.42. The lowest BCUT2D eigenvalue weighted by molar-refractivity contribution is -0.119. The average molecular weight is 183 g/mol. The predicted molar refractivity (Wildman–Crippen MR) is 46.8 cm³/mol. The Labute approximate surface area is 76.8 Å². The number of carbonyl (C=O) groups is 1. The minimum atomic E-state index is -0.00858. The van der Waals surface area contributed by atoms with Gasteiger partial charge in [0.15, 0.2) is 0 Å². The normalized spacial score (nSPS) is 22.4. The van der Waals surface area contributed by atoms with E-state index in [1.165, 1.54) is 13.0 Å². The van der Waals surface area contributed by atoms with Gasteiger partial charge in [-0.3, -0.25) is 9.69 Å². The van der Waals surface area contributed by atoms with Gasteiger partial charge in [0.25, 0.3) is 0 Å². The average Bonchev–Trinajstić information content (AvgIpc) is 2.48. The van der Waals surface area contributed by atoms with Gasteiger partial charge in [-0.1, -0.05) is 0 Å². The first-order valence-electron chi connectivity index (χ1n) is 4.25. The van der Waals surface area contributed by atoms with Crippen LogP contribution < -0.4 is 5.32 Å². The molecule has 0 spiro atoms. The van der Waals surface area contributed by atoms with Crippen LogP contribution in [0.5, 0.6) is 0 Å². The zero-order chi connectivity index (χ0) is 9.68. The van der Waals surface area contributed by atoms with Crippen molar-refractivity contribution in [3.63, 3.8) is 0 Å². The Morgan fingerprint density at radius 3 is 3.15 bits per heavy atom. The van der Waals surface area contributed by atoms with E-state index in [2.05, 4.69) is 10.3 Å². The van der Waals surface area contributed by atoms with Gasteiger partial charge in [-0.15, -0.1) is 0 Å². The Hall–Kier alpha value is -1.19. The van der Waals surface area contributed by atoms with Gasteiger partial charge < -0.3 is 5.32 Å². The molecule has 0 radical (unpaired) electrons. The highest BCUT2D eigenvalue weighted by molar-refractivity contribution is 5.73. The summed E-state index contributed by atoms with van der Waals surface area (Å²) < 4.78 is 0. The SMILES string of the molecule is CC(=O)NC1CCN(CN=C=O)C1. The van der Waals surface area contributed by atoms with E-state index in [1.807, 2.05) is 4.90 Å². The molecule has 1 aliphatic rings. The molecule has 5 nitrogen and oxygen atoms in total. The maximum atomic E-state index is 10.7. The van der Waals surface area contributed by atoms with Gasteiger partial charge >= 0.3 is 0 Å². The number of isocyanates is 1. The van der Waals surface area contributed by atoms with Crippen molar-refractivity contribution >= 4 is 12.0 Å². The molecule has 72 valence electrons. The smallest absolute Gasteiger partial charge is 0.236 e. The molecule has 0 aliphatic carbocycles. The molecule has 1 unspecified atom stereocenters. The molecule has 1 saturated heterocycles. The second-order valence-corrected chi connectivity index (χ2v) is 3.15. The van der Waals surface area contributed by atoms with Crippen molar-refractivity contribution in [3.05, 3.63) is 0 Å². The fraction of sp³-hybridized carbons (Fsp3) is 0.750. The summed E-state index contributed by atoms with van der Waals surface area (Å²) in [5.74, 6) is -0.00858. The standard InChI is InChI=1S/C8H13N3O2/c1-7(13)10-8-2-3-11(4-8)5-9-6-12/h8H,2-5H2,1H3,(H,10,13). The number of nitrogens with zero attached hydrogens (tertiary/aromatic N) is 2. The van der Waals surface area contributed by atoms with E-state index in [1.54, 1.807) is 0 Å². The van der Waals surface area contributed by atoms with Gasteiger partial charge in [0, 0.05) is 26.1 Å². The van der Waals surface area contributed by atoms with Gasteiger partial charge in [-0.2, -0.15) is 4.99 Å². The van der Waals surface area contributed by atoms with Crippen molar-refractivity contribution in [2.75, 3.05) is 19.8 Å². The lowest BCUT2D eigenvalue weighted by atomic mass is 10.3. The second kappa shape index (κ2) is 4.74. The predicted octanol–water partition coefficient (Wildman–Crippen LogP) is -0.510. The topological polar surface area (TPSA) is 61.8 Å². The molecule has 1 amide bonds. The summed E-state index contributed by atoms with van der Waals surface area (Å²) in [6.45, 7) is 3.53. The summed E-state index contributed by atoms with van der Waals surface area (Å²) in [5, 5.41) is 2.83. The lowest BCUT2D eigenvalue weighted by Gasteiger charge is -2.12. The van der Waals surface area contributed by atoms with Gasteiger partial charge in [-0.05, 0) is 6.42 Å². The number of likely N-dealkylation sites (tertiary alicyclic amines) is 1. The summed E-state index contributed by atoms with van der Waals surface area (Å²) in [6, 6.07) is 0.208. The molecule has 13 heavy (non-hydrogen) atoms. The third-order valence-electron chi connectivity index (χ3n) is 2.02. The Morgan fingerprint density at radius 1 is 1.77 bits per heavy atom. The summed E-state index contributed by atoms with van der Waals surface area (Å²) in [7, 11) is 0. The van der Waals surface area contributed by atoms with E-state index in [0.717, 1.165) is 19.5 Å². The van der Waals surface area contributed by atoms with Crippen molar-refractivity contribution in [3.8, 4) is 0 Å². The molecule has 1 heterocycles. The number of rotatable bonds is 3. The number of hydrogen-bond acceptors (Lipinski definition) is 4. The molecule has 1 N–H and O–H groups in total. The molecule has 0 aromatic carbocycles. The van der Waals surface area contributed by atoms with Crippen molar-refractivity contribution in [2.24, 2.45) is 4.99 Å². The summed E-state index contributed by atoms with van der Waals surface area (Å²) in [4.78, 5) is 26.0. The Kier molecular flexibility index (Phi) is 3.61. The largest absolute Gasteiger partial charge is 0.352 e. The molecular weight excluding hydrogens is 170 g/mol. The van der Waals surface area contributed by atoms with Crippen LogP contribution in [-0.2, 0) is 9.59 Å². The maximum Gasteiger partial charge on any atom is 0.236 e. The fourth-order valence-electron chi connectivity index (χ4n) is 1.50. The van der Waals surface area contributed by atoms with Crippen LogP contribution in [0.25, 0.3) is 0 Å². The first kappa shape index (κ1) is 9.89. The van der Waals surface area contributed by atoms with Gasteiger partial charge in [0.1, 0.15) is 6.67 Å². The second-order valence-electron chi connectivity index (χ2n) is 3.15. The molecule has 0 bridgehead atoms. The molecule has 1 atom stereocenters. The monoisotopic (exact) mass is 183 g/mol. The molecule has 0 saturated carbocycles. The third kappa shape index (κ3) is 3.36. The van der Waals surface area contributed by atoms with Gasteiger partial charge in [-0.25, -0.2) is 4.79 Å². The molecule has 1 rings (SSSR count). The van der Waals surface area contributed by atoms with E-state index in [4.69, 9.17) is 0 Å². The Bertz CT molecular complexity index is 226. The highest BCUT2D eigenvalue weighted by Crippen LogP contribution is 2.07. The van der Waals surface area contributed by atoms with Crippen LogP contribution in [0.2, 0.25) is 0 Å². The van der Waals surface area contributed by atoms with E-state index in [-0.39, 0.29) is 11.9 Å². The Morgan fingerprint density at radius 2 is 2.54 bits per heavy atom. The van der Waals surface area contributed by atoms with Crippen molar-refractivity contribution in [1.82, 2.24) is 10.2 Å². The Balaban J connectivity index is 2.27. The number of carbonyl (C=O) groups excluding carboxylic acids is 2. The minimum Gasteiger partial charge on any atom is -0.352 e. The van der Waals surface area contributed by atoms with Crippen LogP contribution in [-0.4, -0.2) is 42.7 Å². The van der Waals surface area contributed by atoms with Crippen molar-refractivity contribution in [1.29, 1.82) is 0 Å². The molecule has 1 aliphatic heterocycles. The zero-order valence-corrected chi connectivity index (χ0v) is 7.62. The molecule has 0 aromatic heterocycles. The highest BCUT2D eigenvalue weighted by atomic mass is 16.1. The molecule has 0 aromatic rings. The van der Waals surface area contributed by atoms with Crippen LogP contribution in [0.15, 0.2) is 4.99 Å². The van der Waals surface area contributed by atoms with Crippen LogP contribution in [0.3, 0.4) is 0 Å². The first-order chi connectivity index (χ1) is 6.22. The number of nitrogens with one attached hydrogen (secondary N) is 1. The van der Waals surface area contributed by atoms with Crippen molar-refractivity contribution < 1.29 is 9.59 Å². The zero-order valence-electron chi connectivity index (χ0n) is 7.62. The first-order valence-corrected chi connectivity index (χ1v) is 4.25. The summed E-state index contributed by atoms with van der Waals surface area (Å²) >= 11 is 0. The van der Waals surface area contributed by atoms with Gasteiger partial charge in [0.05, 0.1) is 0 Å². The van der Waals surface area contributed by atoms with E-state index in [9.17, 15) is 9.59 Å². The quantitative estimate of drug-likeness (QED) is 0.473. The maximum absolute atomic E-state index is 10.7. The van der Waals surface area contributed by atoms with Crippen LogP contribution in [0.1, 0.15) is 13.3 Å². The van der Waals surface area contributed by atoms with Gasteiger partial charge in [0.2, 0.25) is 12.0 Å². The number of aliphatic imine (C=N–C) groups is 1. The molecule has 1 fully saturated rings. The summed E-state index contributed by atoms with van der Waals surface area (Å²) in [5.41, 5.74) is 0. The van der Waals surface area contributed by atoms with Crippen molar-refractivity contribution in [2.45, 2.75) is 19.4 Å². The molecular formula is C8H13N3O2. The number of hydrogen-bond donors (Lipinski definition) is 1. The van der Waals surface area contributed by atoms with Crippen LogP contribution >= 0.6 is 0 Å². The minimum absolute atomic E-state index is 0.00858. The number of amides is 1. The lowest BCUT2D eigenvalue weighted by Crippen LogP contribution is -2.35. The van der Waals surface area contributed by atoms with Crippen LogP contribution in [0.4, 0.5) is 0 Å². The van der Waals surface area contributed by atoms with Crippen LogP contribution in [0, 0.1) is 0 Å².